The molecule has 0 spiro atoms. The Kier molecular flexibility index (Phi) is 6.87. The third kappa shape index (κ3) is 5.61. The molecule has 1 rings (SSSR count). The number of benzene rings is 1. The van der Waals surface area contributed by atoms with Crippen molar-refractivity contribution in [3.63, 3.8) is 0 Å². The number of rotatable bonds is 8. The third-order valence-corrected chi connectivity index (χ3v) is 2.54. The van der Waals surface area contributed by atoms with Crippen molar-refractivity contribution >= 4 is 12.6 Å². The molecule has 5 nitrogen and oxygen atoms in total. The number of methoxy groups -OCH3 is 1. The average Bonchev–Trinajstić information content (AvgIpc) is 2.37. The summed E-state index contributed by atoms with van der Waals surface area (Å²) in [5.41, 5.74) is 1.19. The van der Waals surface area contributed by atoms with E-state index in [4.69, 9.17) is 24.3 Å². The molecule has 0 saturated carbocycles. The van der Waals surface area contributed by atoms with E-state index in [0.717, 1.165) is 5.56 Å². The van der Waals surface area contributed by atoms with Crippen molar-refractivity contribution < 1.29 is 24.3 Å². The van der Waals surface area contributed by atoms with Gasteiger partial charge >= 0.3 is 7.12 Å². The van der Waals surface area contributed by atoms with Gasteiger partial charge in [0.25, 0.3) is 0 Å². The van der Waals surface area contributed by atoms with Crippen LogP contribution in [0.15, 0.2) is 18.2 Å². The van der Waals surface area contributed by atoms with Gasteiger partial charge in [0.2, 0.25) is 0 Å². The maximum absolute atomic E-state index is 9.14. The normalized spacial score (nSPS) is 10.8. The first-order valence-corrected chi connectivity index (χ1v) is 6.27. The van der Waals surface area contributed by atoms with Crippen LogP contribution in [0.5, 0.6) is 5.75 Å². The van der Waals surface area contributed by atoms with Crippen LogP contribution in [0.3, 0.4) is 0 Å². The van der Waals surface area contributed by atoms with Gasteiger partial charge in [0.05, 0.1) is 33.0 Å². The molecule has 0 heterocycles. The topological polar surface area (TPSA) is 68.2 Å². The van der Waals surface area contributed by atoms with Crippen LogP contribution >= 0.6 is 0 Å². The summed E-state index contributed by atoms with van der Waals surface area (Å²) >= 11 is 0. The molecule has 0 aromatic heterocycles. The van der Waals surface area contributed by atoms with Crippen LogP contribution in [-0.4, -0.2) is 43.6 Å². The Hall–Kier alpha value is -1.08. The quantitative estimate of drug-likeness (QED) is 0.525. The van der Waals surface area contributed by atoms with Gasteiger partial charge in [0.15, 0.2) is 0 Å². The highest BCUT2D eigenvalue weighted by molar-refractivity contribution is 6.58. The highest BCUT2D eigenvalue weighted by atomic mass is 16.5. The minimum atomic E-state index is -1.49. The highest BCUT2D eigenvalue weighted by Crippen LogP contribution is 2.17. The SMILES string of the molecule is COc1ccc(B(O)O)cc1COCCOC(C)C. The number of hydrogen-bond donors (Lipinski definition) is 2. The lowest BCUT2D eigenvalue weighted by molar-refractivity contribution is 0.0139. The van der Waals surface area contributed by atoms with E-state index in [1.807, 2.05) is 13.8 Å². The molecule has 106 valence electrons. The molecule has 0 atom stereocenters. The summed E-state index contributed by atoms with van der Waals surface area (Å²) in [4.78, 5) is 0. The van der Waals surface area contributed by atoms with Crippen LogP contribution in [0.4, 0.5) is 0 Å². The zero-order valence-corrected chi connectivity index (χ0v) is 11.6. The lowest BCUT2D eigenvalue weighted by atomic mass is 9.79. The van der Waals surface area contributed by atoms with Crippen molar-refractivity contribution in [3.8, 4) is 5.75 Å². The van der Waals surface area contributed by atoms with Gasteiger partial charge in [-0.1, -0.05) is 12.1 Å². The summed E-state index contributed by atoms with van der Waals surface area (Å²) in [6.45, 7) is 5.28. The first-order valence-electron chi connectivity index (χ1n) is 6.27. The molecule has 1 aromatic rings. The molecule has 0 bridgehead atoms. The molecule has 0 unspecified atom stereocenters. The van der Waals surface area contributed by atoms with E-state index in [9.17, 15) is 0 Å². The van der Waals surface area contributed by atoms with E-state index in [2.05, 4.69) is 0 Å². The van der Waals surface area contributed by atoms with Gasteiger partial charge in [-0.2, -0.15) is 0 Å². The van der Waals surface area contributed by atoms with Crippen molar-refractivity contribution in [2.45, 2.75) is 26.6 Å². The molecule has 0 aliphatic carbocycles. The van der Waals surface area contributed by atoms with Gasteiger partial charge in [0.1, 0.15) is 5.75 Å². The second kappa shape index (κ2) is 8.17. The maximum Gasteiger partial charge on any atom is 0.488 e. The molecular weight excluding hydrogens is 247 g/mol. The highest BCUT2D eigenvalue weighted by Gasteiger charge is 2.13. The molecule has 0 aliphatic heterocycles. The van der Waals surface area contributed by atoms with Crippen molar-refractivity contribution in [3.05, 3.63) is 23.8 Å². The first-order chi connectivity index (χ1) is 9.04. The molecule has 0 saturated heterocycles. The minimum Gasteiger partial charge on any atom is -0.496 e. The van der Waals surface area contributed by atoms with E-state index in [-0.39, 0.29) is 6.10 Å². The van der Waals surface area contributed by atoms with Crippen molar-refractivity contribution in [1.29, 1.82) is 0 Å². The molecular formula is C13H21BO5. The molecule has 0 aliphatic rings. The Labute approximate surface area is 114 Å². The van der Waals surface area contributed by atoms with Gasteiger partial charge in [-0.15, -0.1) is 0 Å². The van der Waals surface area contributed by atoms with E-state index in [0.29, 0.717) is 31.0 Å². The predicted molar refractivity (Wildman–Crippen MR) is 73.6 cm³/mol. The zero-order chi connectivity index (χ0) is 14.3. The Morgan fingerprint density at radius 2 is 1.95 bits per heavy atom. The predicted octanol–water partition coefficient (Wildman–Crippen LogP) is 0.317. The molecule has 0 fully saturated rings. The van der Waals surface area contributed by atoms with Crippen LogP contribution in [-0.2, 0) is 16.1 Å². The van der Waals surface area contributed by atoms with Crippen molar-refractivity contribution in [2.24, 2.45) is 0 Å². The fraction of sp³-hybridized carbons (Fsp3) is 0.538. The van der Waals surface area contributed by atoms with E-state index in [1.165, 1.54) is 0 Å². The van der Waals surface area contributed by atoms with E-state index in [1.54, 1.807) is 25.3 Å². The Morgan fingerprint density at radius 1 is 1.21 bits per heavy atom. The second-order valence-electron chi connectivity index (χ2n) is 4.42. The minimum absolute atomic E-state index is 0.186. The average molecular weight is 268 g/mol. The van der Waals surface area contributed by atoms with Gasteiger partial charge < -0.3 is 24.3 Å². The van der Waals surface area contributed by atoms with Crippen LogP contribution in [0, 0.1) is 0 Å². The number of ether oxygens (including phenoxy) is 3. The summed E-state index contributed by atoms with van der Waals surface area (Å²) in [7, 11) is 0.0735. The second-order valence-corrected chi connectivity index (χ2v) is 4.42. The molecule has 1 aromatic carbocycles. The smallest absolute Gasteiger partial charge is 0.488 e. The van der Waals surface area contributed by atoms with Crippen molar-refractivity contribution in [2.75, 3.05) is 20.3 Å². The van der Waals surface area contributed by atoms with Gasteiger partial charge in [-0.3, -0.25) is 0 Å². The molecule has 19 heavy (non-hydrogen) atoms. The standard InChI is InChI=1S/C13H21BO5/c1-10(2)19-7-6-18-9-11-8-12(14(15)16)4-5-13(11)17-3/h4-5,8,10,15-16H,6-7,9H2,1-3H3. The molecule has 6 heteroatoms. The zero-order valence-electron chi connectivity index (χ0n) is 11.6. The van der Waals surface area contributed by atoms with Gasteiger partial charge in [0, 0.05) is 5.56 Å². The molecule has 2 N–H and O–H groups in total. The lowest BCUT2D eigenvalue weighted by Crippen LogP contribution is -2.30. The Balaban J connectivity index is 2.53. The summed E-state index contributed by atoms with van der Waals surface area (Å²) in [6, 6.07) is 4.96. The summed E-state index contributed by atoms with van der Waals surface area (Å²) in [5.74, 6) is 0.661. The van der Waals surface area contributed by atoms with Gasteiger partial charge in [-0.05, 0) is 25.4 Å². The molecule has 0 amide bonds. The van der Waals surface area contributed by atoms with Crippen molar-refractivity contribution in [1.82, 2.24) is 0 Å². The lowest BCUT2D eigenvalue weighted by Gasteiger charge is -2.12. The van der Waals surface area contributed by atoms with Crippen LogP contribution in [0.25, 0.3) is 0 Å². The maximum atomic E-state index is 9.14. The summed E-state index contributed by atoms with van der Waals surface area (Å²) < 4.78 is 16.0. The Bertz CT molecular complexity index is 381. The van der Waals surface area contributed by atoms with Gasteiger partial charge in [-0.25, -0.2) is 0 Å². The molecule has 0 radical (unpaired) electrons. The largest absolute Gasteiger partial charge is 0.496 e. The van der Waals surface area contributed by atoms with Crippen LogP contribution < -0.4 is 10.2 Å². The monoisotopic (exact) mass is 268 g/mol. The van der Waals surface area contributed by atoms with E-state index >= 15 is 0 Å². The van der Waals surface area contributed by atoms with Crippen LogP contribution in [0.1, 0.15) is 19.4 Å². The third-order valence-electron chi connectivity index (χ3n) is 2.54. The fourth-order valence-electron chi connectivity index (χ4n) is 1.60. The fourth-order valence-corrected chi connectivity index (χ4v) is 1.60. The first kappa shape index (κ1) is 16.0. The van der Waals surface area contributed by atoms with E-state index < -0.39 is 7.12 Å². The summed E-state index contributed by atoms with van der Waals surface area (Å²) in [6.07, 6.45) is 0.186. The van der Waals surface area contributed by atoms with Crippen LogP contribution in [0.2, 0.25) is 0 Å². The number of hydrogen-bond acceptors (Lipinski definition) is 5. The Morgan fingerprint density at radius 3 is 2.53 bits per heavy atom. The summed E-state index contributed by atoms with van der Waals surface area (Å²) in [5, 5.41) is 18.3.